The summed E-state index contributed by atoms with van der Waals surface area (Å²) in [6.45, 7) is 1.86. The van der Waals surface area contributed by atoms with Crippen molar-refractivity contribution in [3.8, 4) is 5.75 Å². The SMILES string of the molecule is Cc1ccc(S(=O)(=O)Oc2ccc(/C=C3\NC(=O)NC3=O)cc2)cc1. The van der Waals surface area contributed by atoms with Crippen LogP contribution in [0.2, 0.25) is 0 Å². The molecule has 128 valence electrons. The molecule has 2 aromatic carbocycles. The van der Waals surface area contributed by atoms with Gasteiger partial charge in [0, 0.05) is 0 Å². The van der Waals surface area contributed by atoms with Crippen molar-refractivity contribution >= 4 is 28.1 Å². The molecule has 1 saturated heterocycles. The lowest BCUT2D eigenvalue weighted by Gasteiger charge is -2.07. The van der Waals surface area contributed by atoms with Crippen LogP contribution in [0.5, 0.6) is 5.75 Å². The molecule has 8 heteroatoms. The van der Waals surface area contributed by atoms with E-state index in [9.17, 15) is 18.0 Å². The summed E-state index contributed by atoms with van der Waals surface area (Å²) in [5, 5.41) is 4.46. The van der Waals surface area contributed by atoms with Gasteiger partial charge >= 0.3 is 16.1 Å². The van der Waals surface area contributed by atoms with Crippen LogP contribution < -0.4 is 14.8 Å². The van der Waals surface area contributed by atoms with E-state index in [0.717, 1.165) is 5.56 Å². The van der Waals surface area contributed by atoms with Crippen LogP contribution in [0.3, 0.4) is 0 Å². The standard InChI is InChI=1S/C17H14N2O5S/c1-11-2-8-14(9-3-11)25(22,23)24-13-6-4-12(5-7-13)10-15-16(20)19-17(21)18-15/h2-10H,1H3,(H2,18,19,20,21)/b15-10-. The van der Waals surface area contributed by atoms with Gasteiger partial charge < -0.3 is 9.50 Å². The summed E-state index contributed by atoms with van der Waals surface area (Å²) in [6.07, 6.45) is 1.47. The van der Waals surface area contributed by atoms with Crippen molar-refractivity contribution in [1.82, 2.24) is 10.6 Å². The molecule has 1 heterocycles. The summed E-state index contributed by atoms with van der Waals surface area (Å²) in [7, 11) is -3.92. The number of hydrogen-bond acceptors (Lipinski definition) is 5. The third kappa shape index (κ3) is 3.86. The van der Waals surface area contributed by atoms with Gasteiger partial charge in [0.2, 0.25) is 0 Å². The van der Waals surface area contributed by atoms with Crippen LogP contribution in [-0.2, 0) is 14.9 Å². The Morgan fingerprint density at radius 2 is 1.56 bits per heavy atom. The normalized spacial score (nSPS) is 15.8. The molecule has 3 rings (SSSR count). The summed E-state index contributed by atoms with van der Waals surface area (Å²) in [4.78, 5) is 22.6. The van der Waals surface area contributed by atoms with Crippen LogP contribution in [0.25, 0.3) is 6.08 Å². The first-order valence-corrected chi connectivity index (χ1v) is 8.69. The summed E-state index contributed by atoms with van der Waals surface area (Å²) >= 11 is 0. The maximum absolute atomic E-state index is 12.2. The first kappa shape index (κ1) is 16.7. The Hall–Kier alpha value is -3.13. The second kappa shape index (κ2) is 6.40. The molecule has 0 bridgehead atoms. The molecule has 1 aliphatic rings. The van der Waals surface area contributed by atoms with Crippen LogP contribution in [0.1, 0.15) is 11.1 Å². The van der Waals surface area contributed by atoms with E-state index >= 15 is 0 Å². The minimum atomic E-state index is -3.92. The van der Waals surface area contributed by atoms with Crippen molar-refractivity contribution in [3.63, 3.8) is 0 Å². The van der Waals surface area contributed by atoms with Crippen LogP contribution in [0.15, 0.2) is 59.1 Å². The minimum Gasteiger partial charge on any atom is -0.379 e. The number of imide groups is 1. The van der Waals surface area contributed by atoms with Gasteiger partial charge in [-0.3, -0.25) is 10.1 Å². The molecule has 3 amide bonds. The van der Waals surface area contributed by atoms with Gasteiger partial charge in [0.1, 0.15) is 16.3 Å². The Morgan fingerprint density at radius 1 is 0.920 bits per heavy atom. The van der Waals surface area contributed by atoms with Gasteiger partial charge in [0.25, 0.3) is 5.91 Å². The van der Waals surface area contributed by atoms with Crippen molar-refractivity contribution in [1.29, 1.82) is 0 Å². The summed E-state index contributed by atoms with van der Waals surface area (Å²) in [5.74, 6) is -0.380. The third-order valence-electron chi connectivity index (χ3n) is 3.43. The Labute approximate surface area is 144 Å². The number of rotatable bonds is 4. The molecule has 0 aromatic heterocycles. The van der Waals surface area contributed by atoms with E-state index < -0.39 is 22.1 Å². The quantitative estimate of drug-likeness (QED) is 0.494. The molecule has 0 saturated carbocycles. The highest BCUT2D eigenvalue weighted by molar-refractivity contribution is 7.87. The molecular weight excluding hydrogens is 344 g/mol. The highest BCUT2D eigenvalue weighted by Crippen LogP contribution is 2.20. The smallest absolute Gasteiger partial charge is 0.339 e. The second-order valence-electron chi connectivity index (χ2n) is 5.39. The third-order valence-corrected chi connectivity index (χ3v) is 4.69. The Kier molecular flexibility index (Phi) is 4.28. The van der Waals surface area contributed by atoms with Gasteiger partial charge in [0.15, 0.2) is 0 Å². The van der Waals surface area contributed by atoms with Crippen molar-refractivity contribution in [2.75, 3.05) is 0 Å². The van der Waals surface area contributed by atoms with Crippen LogP contribution >= 0.6 is 0 Å². The number of urea groups is 1. The van der Waals surface area contributed by atoms with Crippen LogP contribution in [0.4, 0.5) is 4.79 Å². The Balaban J connectivity index is 1.77. The predicted molar refractivity (Wildman–Crippen MR) is 90.1 cm³/mol. The summed E-state index contributed by atoms with van der Waals surface area (Å²) < 4.78 is 29.5. The minimum absolute atomic E-state index is 0.0645. The molecule has 0 aliphatic carbocycles. The van der Waals surface area contributed by atoms with Gasteiger partial charge in [-0.05, 0) is 42.8 Å². The molecule has 0 unspecified atom stereocenters. The van der Waals surface area contributed by atoms with E-state index in [1.807, 2.05) is 6.92 Å². The number of hydrogen-bond donors (Lipinski definition) is 2. The highest BCUT2D eigenvalue weighted by atomic mass is 32.2. The molecule has 0 atom stereocenters. The van der Waals surface area contributed by atoms with Crippen molar-refractivity contribution in [3.05, 3.63) is 65.4 Å². The molecule has 1 aliphatic heterocycles. The molecule has 0 radical (unpaired) electrons. The van der Waals surface area contributed by atoms with Gasteiger partial charge in [-0.15, -0.1) is 0 Å². The maximum Gasteiger partial charge on any atom is 0.339 e. The van der Waals surface area contributed by atoms with E-state index in [2.05, 4.69) is 10.6 Å². The monoisotopic (exact) mass is 358 g/mol. The number of benzene rings is 2. The van der Waals surface area contributed by atoms with E-state index in [1.165, 1.54) is 30.3 Å². The summed E-state index contributed by atoms with van der Waals surface area (Å²) in [6, 6.07) is 11.8. The topological polar surface area (TPSA) is 102 Å². The number of amides is 3. The molecule has 2 aromatic rings. The van der Waals surface area contributed by atoms with Gasteiger partial charge in [-0.1, -0.05) is 29.8 Å². The lowest BCUT2D eigenvalue weighted by atomic mass is 10.2. The zero-order chi connectivity index (χ0) is 18.0. The number of carbonyl (C=O) groups excluding carboxylic acids is 2. The lowest BCUT2D eigenvalue weighted by Crippen LogP contribution is -2.22. The van der Waals surface area contributed by atoms with Crippen molar-refractivity contribution in [2.24, 2.45) is 0 Å². The number of nitrogens with one attached hydrogen (secondary N) is 2. The lowest BCUT2D eigenvalue weighted by molar-refractivity contribution is -0.115. The first-order valence-electron chi connectivity index (χ1n) is 7.29. The fraction of sp³-hybridized carbons (Fsp3) is 0.0588. The number of carbonyl (C=O) groups is 2. The molecule has 2 N–H and O–H groups in total. The van der Waals surface area contributed by atoms with Crippen LogP contribution in [0, 0.1) is 6.92 Å². The largest absolute Gasteiger partial charge is 0.379 e. The molecular formula is C17H14N2O5S. The molecule has 7 nitrogen and oxygen atoms in total. The molecule has 25 heavy (non-hydrogen) atoms. The van der Waals surface area contributed by atoms with E-state index in [4.69, 9.17) is 4.18 Å². The first-order chi connectivity index (χ1) is 11.8. The summed E-state index contributed by atoms with van der Waals surface area (Å²) in [5.41, 5.74) is 1.66. The second-order valence-corrected chi connectivity index (χ2v) is 6.93. The van der Waals surface area contributed by atoms with Gasteiger partial charge in [-0.25, -0.2) is 4.79 Å². The fourth-order valence-corrected chi connectivity index (χ4v) is 3.08. The average molecular weight is 358 g/mol. The predicted octanol–water partition coefficient (Wildman–Crippen LogP) is 1.94. The van der Waals surface area contributed by atoms with Crippen molar-refractivity contribution < 1.29 is 22.2 Å². The van der Waals surface area contributed by atoms with Crippen molar-refractivity contribution in [2.45, 2.75) is 11.8 Å². The highest BCUT2D eigenvalue weighted by Gasteiger charge is 2.22. The molecule has 1 fully saturated rings. The Morgan fingerprint density at radius 3 is 2.12 bits per heavy atom. The van der Waals surface area contributed by atoms with E-state index in [1.54, 1.807) is 24.3 Å². The Bertz CT molecular complexity index is 961. The fourth-order valence-electron chi connectivity index (χ4n) is 2.15. The van der Waals surface area contributed by atoms with Gasteiger partial charge in [-0.2, -0.15) is 8.42 Å². The zero-order valence-corrected chi connectivity index (χ0v) is 14.0. The molecule has 0 spiro atoms. The van der Waals surface area contributed by atoms with Gasteiger partial charge in [0.05, 0.1) is 0 Å². The van der Waals surface area contributed by atoms with E-state index in [-0.39, 0.29) is 16.3 Å². The van der Waals surface area contributed by atoms with Crippen LogP contribution in [-0.4, -0.2) is 20.4 Å². The average Bonchev–Trinajstić information content (AvgIpc) is 2.87. The maximum atomic E-state index is 12.2. The van der Waals surface area contributed by atoms with E-state index in [0.29, 0.717) is 5.56 Å². The zero-order valence-electron chi connectivity index (χ0n) is 13.1. The number of aryl methyl sites for hydroxylation is 1.